The second-order valence-electron chi connectivity index (χ2n) is 6.57. The van der Waals surface area contributed by atoms with E-state index in [2.05, 4.69) is 15.7 Å². The Labute approximate surface area is 140 Å². The van der Waals surface area contributed by atoms with Crippen molar-refractivity contribution in [2.75, 3.05) is 65.7 Å². The molecule has 0 spiro atoms. The molecule has 1 saturated heterocycles. The summed E-state index contributed by atoms with van der Waals surface area (Å²) in [6, 6.07) is 0. The summed E-state index contributed by atoms with van der Waals surface area (Å²) in [6.07, 6.45) is 5.08. The third-order valence-corrected chi connectivity index (χ3v) is 3.35. The molecule has 23 heavy (non-hydrogen) atoms. The van der Waals surface area contributed by atoms with Gasteiger partial charge < -0.3 is 14.2 Å². The predicted octanol–water partition coefficient (Wildman–Crippen LogP) is 0.612. The first-order valence-corrected chi connectivity index (χ1v) is 8.16. The molecule has 0 atom stereocenters. The van der Waals surface area contributed by atoms with Crippen LogP contribution in [0.15, 0.2) is 0 Å². The lowest BCUT2D eigenvalue weighted by Crippen LogP contribution is -2.49. The van der Waals surface area contributed by atoms with Gasteiger partial charge in [0.25, 0.3) is 0 Å². The lowest BCUT2D eigenvalue weighted by atomic mass is 10.2. The number of rotatable bonds is 9. The Morgan fingerprint density at radius 1 is 1.04 bits per heavy atom. The molecule has 0 unspecified atom stereocenters. The molecule has 0 aromatic carbocycles. The van der Waals surface area contributed by atoms with Crippen molar-refractivity contribution in [3.63, 3.8) is 0 Å². The standard InChI is InChI=1S/C17H30N2O4/c1-5-11-21-13-14-22-12-10-18-6-8-19(9-7-18)15-16(20)23-17(2,3)4/h1H,6-15H2,2-4H3. The zero-order valence-corrected chi connectivity index (χ0v) is 14.7. The number of hydrogen-bond donors (Lipinski definition) is 0. The molecule has 0 aliphatic carbocycles. The monoisotopic (exact) mass is 326 g/mol. The van der Waals surface area contributed by atoms with E-state index in [9.17, 15) is 4.79 Å². The van der Waals surface area contributed by atoms with Gasteiger partial charge in [0.05, 0.1) is 26.4 Å². The van der Waals surface area contributed by atoms with E-state index in [1.807, 2.05) is 20.8 Å². The van der Waals surface area contributed by atoms with Gasteiger partial charge in [0, 0.05) is 32.7 Å². The molecule has 1 heterocycles. The highest BCUT2D eigenvalue weighted by Gasteiger charge is 2.22. The molecule has 0 bridgehead atoms. The highest BCUT2D eigenvalue weighted by atomic mass is 16.6. The van der Waals surface area contributed by atoms with Crippen LogP contribution in [0.25, 0.3) is 0 Å². The first-order valence-electron chi connectivity index (χ1n) is 8.16. The molecule has 6 heteroatoms. The summed E-state index contributed by atoms with van der Waals surface area (Å²) in [6.45, 7) is 12.7. The van der Waals surface area contributed by atoms with Crippen LogP contribution in [0.1, 0.15) is 20.8 Å². The molecule has 1 rings (SSSR count). The van der Waals surface area contributed by atoms with E-state index in [1.54, 1.807) is 0 Å². The molecule has 6 nitrogen and oxygen atoms in total. The number of esters is 1. The van der Waals surface area contributed by atoms with Crippen LogP contribution in [-0.2, 0) is 19.0 Å². The fourth-order valence-corrected chi connectivity index (χ4v) is 2.27. The van der Waals surface area contributed by atoms with Gasteiger partial charge in [-0.2, -0.15) is 0 Å². The number of nitrogens with zero attached hydrogens (tertiary/aromatic N) is 2. The summed E-state index contributed by atoms with van der Waals surface area (Å²) < 4.78 is 16.0. The van der Waals surface area contributed by atoms with Gasteiger partial charge >= 0.3 is 5.97 Å². The lowest BCUT2D eigenvalue weighted by molar-refractivity contribution is -0.156. The van der Waals surface area contributed by atoms with Crippen molar-refractivity contribution in [3.8, 4) is 12.3 Å². The summed E-state index contributed by atoms with van der Waals surface area (Å²) in [5.74, 6) is 2.26. The van der Waals surface area contributed by atoms with Crippen molar-refractivity contribution >= 4 is 5.97 Å². The first-order chi connectivity index (χ1) is 10.9. The molecule has 0 N–H and O–H groups in total. The van der Waals surface area contributed by atoms with Gasteiger partial charge in [0.1, 0.15) is 12.2 Å². The molecular weight excluding hydrogens is 296 g/mol. The van der Waals surface area contributed by atoms with Crippen molar-refractivity contribution < 1.29 is 19.0 Å². The molecule has 132 valence electrons. The van der Waals surface area contributed by atoms with E-state index in [4.69, 9.17) is 20.6 Å². The first kappa shape index (κ1) is 19.9. The number of piperazine rings is 1. The van der Waals surface area contributed by atoms with Crippen molar-refractivity contribution in [1.82, 2.24) is 9.80 Å². The molecule has 1 aliphatic heterocycles. The number of terminal acetylenes is 1. The fraction of sp³-hybridized carbons (Fsp3) is 0.824. The number of ether oxygens (including phenoxy) is 3. The van der Waals surface area contributed by atoms with Crippen LogP contribution in [0.2, 0.25) is 0 Å². The highest BCUT2D eigenvalue weighted by Crippen LogP contribution is 2.08. The van der Waals surface area contributed by atoms with Crippen LogP contribution in [0, 0.1) is 12.3 Å². The van der Waals surface area contributed by atoms with Gasteiger partial charge in [-0.05, 0) is 20.8 Å². The molecule has 0 saturated carbocycles. The average molecular weight is 326 g/mol. The summed E-state index contributed by atoms with van der Waals surface area (Å²) in [5, 5.41) is 0. The summed E-state index contributed by atoms with van der Waals surface area (Å²) in [4.78, 5) is 16.3. The molecule has 0 radical (unpaired) electrons. The quantitative estimate of drug-likeness (QED) is 0.352. The Hall–Kier alpha value is -1.13. The van der Waals surface area contributed by atoms with Crippen LogP contribution >= 0.6 is 0 Å². The Morgan fingerprint density at radius 3 is 2.26 bits per heavy atom. The highest BCUT2D eigenvalue weighted by molar-refractivity contribution is 5.72. The lowest BCUT2D eigenvalue weighted by Gasteiger charge is -2.34. The minimum atomic E-state index is -0.416. The average Bonchev–Trinajstić information content (AvgIpc) is 2.46. The van der Waals surface area contributed by atoms with Gasteiger partial charge in [0.2, 0.25) is 0 Å². The van der Waals surface area contributed by atoms with E-state index in [0.717, 1.165) is 32.7 Å². The second kappa shape index (κ2) is 10.6. The third kappa shape index (κ3) is 10.3. The van der Waals surface area contributed by atoms with E-state index in [-0.39, 0.29) is 5.97 Å². The molecule has 0 aromatic rings. The van der Waals surface area contributed by atoms with E-state index >= 15 is 0 Å². The van der Waals surface area contributed by atoms with Crippen LogP contribution in [0.4, 0.5) is 0 Å². The number of carbonyl (C=O) groups is 1. The van der Waals surface area contributed by atoms with E-state index in [1.165, 1.54) is 0 Å². The van der Waals surface area contributed by atoms with Crippen molar-refractivity contribution in [2.24, 2.45) is 0 Å². The fourth-order valence-electron chi connectivity index (χ4n) is 2.27. The van der Waals surface area contributed by atoms with Gasteiger partial charge in [-0.15, -0.1) is 6.42 Å². The smallest absolute Gasteiger partial charge is 0.320 e. The Bertz CT molecular complexity index is 379. The molecule has 1 fully saturated rings. The summed E-state index contributed by atoms with van der Waals surface area (Å²) in [7, 11) is 0. The Kier molecular flexibility index (Phi) is 9.19. The maximum atomic E-state index is 11.8. The van der Waals surface area contributed by atoms with E-state index < -0.39 is 5.60 Å². The van der Waals surface area contributed by atoms with Crippen LogP contribution in [0.3, 0.4) is 0 Å². The Morgan fingerprint density at radius 2 is 1.65 bits per heavy atom. The van der Waals surface area contributed by atoms with E-state index in [0.29, 0.717) is 33.0 Å². The summed E-state index contributed by atoms with van der Waals surface area (Å²) >= 11 is 0. The van der Waals surface area contributed by atoms with Crippen molar-refractivity contribution in [3.05, 3.63) is 0 Å². The molecule has 0 aromatic heterocycles. The zero-order chi connectivity index (χ0) is 17.1. The van der Waals surface area contributed by atoms with Crippen molar-refractivity contribution in [2.45, 2.75) is 26.4 Å². The van der Waals surface area contributed by atoms with Gasteiger partial charge in [-0.25, -0.2) is 0 Å². The SMILES string of the molecule is C#CCOCCOCCN1CCN(CC(=O)OC(C)(C)C)CC1. The number of hydrogen-bond acceptors (Lipinski definition) is 6. The predicted molar refractivity (Wildman–Crippen MR) is 89.2 cm³/mol. The number of carbonyl (C=O) groups excluding carboxylic acids is 1. The van der Waals surface area contributed by atoms with Gasteiger partial charge in [-0.3, -0.25) is 14.6 Å². The molecular formula is C17H30N2O4. The topological polar surface area (TPSA) is 51.2 Å². The largest absolute Gasteiger partial charge is 0.459 e. The minimum absolute atomic E-state index is 0.152. The van der Waals surface area contributed by atoms with Crippen molar-refractivity contribution in [1.29, 1.82) is 0 Å². The minimum Gasteiger partial charge on any atom is -0.459 e. The van der Waals surface area contributed by atoms with Gasteiger partial charge in [-0.1, -0.05) is 5.92 Å². The third-order valence-electron chi connectivity index (χ3n) is 3.35. The summed E-state index contributed by atoms with van der Waals surface area (Å²) in [5.41, 5.74) is -0.416. The molecule has 1 aliphatic rings. The maximum Gasteiger partial charge on any atom is 0.320 e. The zero-order valence-electron chi connectivity index (χ0n) is 14.7. The van der Waals surface area contributed by atoms with Crippen LogP contribution < -0.4 is 0 Å². The van der Waals surface area contributed by atoms with Crippen LogP contribution in [0.5, 0.6) is 0 Å². The van der Waals surface area contributed by atoms with Gasteiger partial charge in [0.15, 0.2) is 0 Å². The van der Waals surface area contributed by atoms with Crippen LogP contribution in [-0.4, -0.2) is 87.1 Å². The molecule has 0 amide bonds. The Balaban J connectivity index is 2.05. The normalized spacial score (nSPS) is 17.0. The second-order valence-corrected chi connectivity index (χ2v) is 6.57. The maximum absolute atomic E-state index is 11.8.